The number of hydrogen-bond acceptors (Lipinski definition) is 2. The first kappa shape index (κ1) is 11.9. The predicted octanol–water partition coefficient (Wildman–Crippen LogP) is 4.08. The first-order chi connectivity index (χ1) is 8.16. The summed E-state index contributed by atoms with van der Waals surface area (Å²) in [5, 5.41) is 6.01. The third-order valence-electron chi connectivity index (χ3n) is 2.91. The minimum Gasteiger partial charge on any atom is -0.382 e. The second-order valence-corrected chi connectivity index (χ2v) is 5.08. The number of anilines is 1. The van der Waals surface area contributed by atoms with Crippen LogP contribution in [-0.2, 0) is 0 Å². The van der Waals surface area contributed by atoms with Crippen LogP contribution in [0, 0.1) is 5.92 Å². The van der Waals surface area contributed by atoms with Crippen molar-refractivity contribution in [1.82, 2.24) is 4.98 Å². The first-order valence-electron chi connectivity index (χ1n) is 6.26. The van der Waals surface area contributed by atoms with Gasteiger partial charge in [0.25, 0.3) is 0 Å². The highest BCUT2D eigenvalue weighted by atomic mass is 14.9. The zero-order valence-electron chi connectivity index (χ0n) is 10.8. The van der Waals surface area contributed by atoms with Crippen molar-refractivity contribution in [2.75, 3.05) is 5.32 Å². The molecule has 1 heterocycles. The summed E-state index contributed by atoms with van der Waals surface area (Å²) in [6.07, 6.45) is 4.94. The molecule has 1 N–H and O–H groups in total. The third kappa shape index (κ3) is 2.96. The Kier molecular flexibility index (Phi) is 3.62. The van der Waals surface area contributed by atoms with Gasteiger partial charge in [-0.2, -0.15) is 0 Å². The molecule has 0 aliphatic rings. The molecule has 0 spiro atoms. The number of fused-ring (bicyclic) bond motifs is 1. The van der Waals surface area contributed by atoms with Crippen molar-refractivity contribution in [3.05, 3.63) is 36.7 Å². The maximum absolute atomic E-state index is 4.20. The van der Waals surface area contributed by atoms with E-state index in [1.165, 1.54) is 22.9 Å². The van der Waals surface area contributed by atoms with Crippen molar-refractivity contribution in [1.29, 1.82) is 0 Å². The summed E-state index contributed by atoms with van der Waals surface area (Å²) in [6.45, 7) is 6.74. The predicted molar refractivity (Wildman–Crippen MR) is 74.3 cm³/mol. The lowest BCUT2D eigenvalue weighted by atomic mass is 10.0. The molecule has 1 aromatic heterocycles. The Morgan fingerprint density at radius 1 is 1.18 bits per heavy atom. The lowest BCUT2D eigenvalue weighted by molar-refractivity contribution is 0.540. The number of aromatic nitrogens is 1. The molecule has 0 saturated carbocycles. The molecule has 2 nitrogen and oxygen atoms in total. The molecule has 0 amide bonds. The monoisotopic (exact) mass is 228 g/mol. The van der Waals surface area contributed by atoms with Gasteiger partial charge in [-0.25, -0.2) is 0 Å². The van der Waals surface area contributed by atoms with Gasteiger partial charge in [-0.3, -0.25) is 4.98 Å². The Balaban J connectivity index is 2.24. The summed E-state index contributed by atoms with van der Waals surface area (Å²) in [5.74, 6) is 0.714. The molecule has 17 heavy (non-hydrogen) atoms. The number of nitrogens with zero attached hydrogens (tertiary/aromatic N) is 1. The summed E-state index contributed by atoms with van der Waals surface area (Å²) < 4.78 is 0. The summed E-state index contributed by atoms with van der Waals surface area (Å²) in [7, 11) is 0. The summed E-state index contributed by atoms with van der Waals surface area (Å²) in [5.41, 5.74) is 1.18. The van der Waals surface area contributed by atoms with Crippen LogP contribution in [0.25, 0.3) is 10.8 Å². The van der Waals surface area contributed by atoms with Crippen molar-refractivity contribution in [2.45, 2.75) is 33.2 Å². The van der Waals surface area contributed by atoms with Crippen LogP contribution in [0.3, 0.4) is 0 Å². The van der Waals surface area contributed by atoms with E-state index in [2.05, 4.69) is 49.3 Å². The van der Waals surface area contributed by atoms with Gasteiger partial charge in [0.05, 0.1) is 0 Å². The van der Waals surface area contributed by atoms with Crippen molar-refractivity contribution < 1.29 is 0 Å². The fourth-order valence-corrected chi connectivity index (χ4v) is 2.27. The van der Waals surface area contributed by atoms with Crippen LogP contribution in [0.4, 0.5) is 5.69 Å². The van der Waals surface area contributed by atoms with E-state index in [4.69, 9.17) is 0 Å². The largest absolute Gasteiger partial charge is 0.382 e. The highest BCUT2D eigenvalue weighted by Crippen LogP contribution is 2.23. The molecule has 2 aromatic rings. The van der Waals surface area contributed by atoms with Gasteiger partial charge >= 0.3 is 0 Å². The van der Waals surface area contributed by atoms with Gasteiger partial charge in [-0.05, 0) is 36.8 Å². The van der Waals surface area contributed by atoms with Gasteiger partial charge in [-0.1, -0.05) is 26.0 Å². The van der Waals surface area contributed by atoms with Gasteiger partial charge in [0.2, 0.25) is 0 Å². The normalized spacial score (nSPS) is 12.9. The van der Waals surface area contributed by atoms with Gasteiger partial charge in [-0.15, -0.1) is 0 Å². The molecule has 0 bridgehead atoms. The van der Waals surface area contributed by atoms with E-state index >= 15 is 0 Å². The van der Waals surface area contributed by atoms with Gasteiger partial charge < -0.3 is 5.32 Å². The quantitative estimate of drug-likeness (QED) is 0.852. The Hall–Kier alpha value is -1.57. The standard InChI is InChI=1S/C15H20N2/c1-11(2)9-12(3)17-15-6-4-5-13-7-8-16-10-14(13)15/h4-8,10-12,17H,9H2,1-3H3. The molecule has 90 valence electrons. The van der Waals surface area contributed by atoms with Crippen LogP contribution < -0.4 is 5.32 Å². The average molecular weight is 228 g/mol. The molecule has 1 unspecified atom stereocenters. The number of rotatable bonds is 4. The second-order valence-electron chi connectivity index (χ2n) is 5.08. The Morgan fingerprint density at radius 2 is 2.00 bits per heavy atom. The first-order valence-corrected chi connectivity index (χ1v) is 6.26. The highest BCUT2D eigenvalue weighted by molar-refractivity contribution is 5.93. The zero-order valence-corrected chi connectivity index (χ0v) is 10.8. The van der Waals surface area contributed by atoms with Gasteiger partial charge in [0, 0.05) is 29.5 Å². The van der Waals surface area contributed by atoms with E-state index in [1.54, 1.807) is 0 Å². The highest BCUT2D eigenvalue weighted by Gasteiger charge is 2.06. The minimum atomic E-state index is 0.487. The second kappa shape index (κ2) is 5.17. The number of nitrogens with one attached hydrogen (secondary N) is 1. The molecular weight excluding hydrogens is 208 g/mol. The molecule has 2 rings (SSSR count). The summed E-state index contributed by atoms with van der Waals surface area (Å²) >= 11 is 0. The van der Waals surface area contributed by atoms with Crippen LogP contribution in [-0.4, -0.2) is 11.0 Å². The third-order valence-corrected chi connectivity index (χ3v) is 2.91. The molecule has 0 fully saturated rings. The lowest BCUT2D eigenvalue weighted by Gasteiger charge is -2.18. The molecule has 0 aliphatic carbocycles. The van der Waals surface area contributed by atoms with Crippen molar-refractivity contribution in [3.63, 3.8) is 0 Å². The Labute approximate surface area is 103 Å². The number of hydrogen-bond donors (Lipinski definition) is 1. The van der Waals surface area contributed by atoms with Crippen molar-refractivity contribution in [3.8, 4) is 0 Å². The van der Waals surface area contributed by atoms with Crippen LogP contribution in [0.2, 0.25) is 0 Å². The van der Waals surface area contributed by atoms with Crippen molar-refractivity contribution in [2.24, 2.45) is 5.92 Å². The fraction of sp³-hybridized carbons (Fsp3) is 0.400. The Bertz CT molecular complexity index is 486. The average Bonchev–Trinajstić information content (AvgIpc) is 2.28. The van der Waals surface area contributed by atoms with Crippen LogP contribution in [0.5, 0.6) is 0 Å². The number of benzene rings is 1. The molecular formula is C15H20N2. The maximum atomic E-state index is 4.20. The van der Waals surface area contributed by atoms with Crippen molar-refractivity contribution >= 4 is 16.5 Å². The lowest BCUT2D eigenvalue weighted by Crippen LogP contribution is -2.17. The van der Waals surface area contributed by atoms with Crippen LogP contribution in [0.1, 0.15) is 27.2 Å². The Morgan fingerprint density at radius 3 is 2.76 bits per heavy atom. The molecule has 0 saturated heterocycles. The molecule has 2 heteroatoms. The smallest absolute Gasteiger partial charge is 0.0437 e. The minimum absolute atomic E-state index is 0.487. The number of pyridine rings is 1. The van der Waals surface area contributed by atoms with E-state index < -0.39 is 0 Å². The van der Waals surface area contributed by atoms with Gasteiger partial charge in [0.15, 0.2) is 0 Å². The fourth-order valence-electron chi connectivity index (χ4n) is 2.27. The molecule has 1 aromatic carbocycles. The summed E-state index contributed by atoms with van der Waals surface area (Å²) in [6, 6.07) is 8.87. The van der Waals surface area contributed by atoms with Gasteiger partial charge in [0.1, 0.15) is 0 Å². The molecule has 0 radical (unpaired) electrons. The van der Waals surface area contributed by atoms with Crippen LogP contribution in [0.15, 0.2) is 36.7 Å². The SMILES string of the molecule is CC(C)CC(C)Nc1cccc2ccncc12. The zero-order chi connectivity index (χ0) is 12.3. The van der Waals surface area contributed by atoms with E-state index in [-0.39, 0.29) is 0 Å². The summed E-state index contributed by atoms with van der Waals surface area (Å²) in [4.78, 5) is 4.20. The van der Waals surface area contributed by atoms with E-state index in [9.17, 15) is 0 Å². The van der Waals surface area contributed by atoms with E-state index in [0.717, 1.165) is 0 Å². The van der Waals surface area contributed by atoms with Crippen LogP contribution >= 0.6 is 0 Å². The maximum Gasteiger partial charge on any atom is 0.0437 e. The van der Waals surface area contributed by atoms with E-state index in [1.807, 2.05) is 18.5 Å². The molecule has 1 atom stereocenters. The topological polar surface area (TPSA) is 24.9 Å². The van der Waals surface area contributed by atoms with E-state index in [0.29, 0.717) is 12.0 Å². The molecule has 0 aliphatic heterocycles.